The minimum atomic E-state index is -1.20. The van der Waals surface area contributed by atoms with Crippen LogP contribution in [0.25, 0.3) is 0 Å². The summed E-state index contributed by atoms with van der Waals surface area (Å²) in [6.07, 6.45) is 0. The van der Waals surface area contributed by atoms with Crippen LogP contribution in [0.4, 0.5) is 0 Å². The number of rotatable bonds is 2. The number of hydrogen-bond donors (Lipinski definition) is 1. The van der Waals surface area contributed by atoms with Crippen molar-refractivity contribution in [3.63, 3.8) is 0 Å². The van der Waals surface area contributed by atoms with Gasteiger partial charge in [0.05, 0.1) is 12.0 Å². The predicted molar refractivity (Wildman–Crippen MR) is 63.2 cm³/mol. The van der Waals surface area contributed by atoms with Gasteiger partial charge in [0.15, 0.2) is 5.37 Å². The minimum Gasteiger partial charge on any atom is -0.548 e. The minimum absolute atomic E-state index is 0.445. The molecule has 1 heterocycles. The van der Waals surface area contributed by atoms with Gasteiger partial charge < -0.3 is 14.6 Å². The Hall–Kier alpha value is -0.750. The van der Waals surface area contributed by atoms with Gasteiger partial charge in [0.25, 0.3) is 0 Å². The zero-order chi connectivity index (χ0) is 13.4. The molecule has 17 heavy (non-hydrogen) atoms. The largest absolute Gasteiger partial charge is 0.548 e. The van der Waals surface area contributed by atoms with Gasteiger partial charge in [-0.05, 0) is 34.6 Å². The first kappa shape index (κ1) is 14.3. The summed E-state index contributed by atoms with van der Waals surface area (Å²) in [5.74, 6) is -1.65. The summed E-state index contributed by atoms with van der Waals surface area (Å²) < 4.78 is 4.61. The maximum absolute atomic E-state index is 11.8. The van der Waals surface area contributed by atoms with Crippen molar-refractivity contribution in [2.75, 3.05) is 0 Å². The fourth-order valence-electron chi connectivity index (χ4n) is 1.58. The summed E-state index contributed by atoms with van der Waals surface area (Å²) in [6.45, 7) is 8.83. The van der Waals surface area contributed by atoms with Crippen LogP contribution in [-0.4, -0.2) is 33.7 Å². The Bertz CT molecular complexity index is 335. The van der Waals surface area contributed by atoms with E-state index in [9.17, 15) is 14.7 Å². The van der Waals surface area contributed by atoms with E-state index in [2.05, 4.69) is 5.32 Å². The molecule has 0 aromatic heterocycles. The number of carbonyl (C=O) groups excluding carboxylic acids is 2. The van der Waals surface area contributed by atoms with Crippen LogP contribution in [0.1, 0.15) is 34.6 Å². The summed E-state index contributed by atoms with van der Waals surface area (Å²) >= 11 is 1.25. The molecule has 2 atom stereocenters. The SMILES string of the molecule is CC(C)(C)OC(=O)[C@H]1N[C@@H](C(=O)[O-])C(C)(C)S1. The molecule has 0 aliphatic carbocycles. The van der Waals surface area contributed by atoms with Gasteiger partial charge in [0.2, 0.25) is 0 Å². The van der Waals surface area contributed by atoms with Crippen LogP contribution in [0.2, 0.25) is 0 Å². The summed E-state index contributed by atoms with van der Waals surface area (Å²) in [7, 11) is 0. The Labute approximate surface area is 105 Å². The van der Waals surface area contributed by atoms with E-state index < -0.39 is 33.7 Å². The number of aliphatic carboxylic acids is 1. The Kier molecular flexibility index (Phi) is 3.78. The molecule has 1 aliphatic rings. The van der Waals surface area contributed by atoms with Gasteiger partial charge >= 0.3 is 5.97 Å². The fraction of sp³-hybridized carbons (Fsp3) is 0.818. The lowest BCUT2D eigenvalue weighted by molar-refractivity contribution is -0.308. The summed E-state index contributed by atoms with van der Waals surface area (Å²) in [6, 6.07) is -0.856. The number of nitrogens with one attached hydrogen (secondary N) is 1. The molecule has 0 amide bonds. The van der Waals surface area contributed by atoms with Crippen molar-refractivity contribution in [1.82, 2.24) is 5.32 Å². The van der Waals surface area contributed by atoms with Crippen molar-refractivity contribution in [1.29, 1.82) is 0 Å². The normalized spacial score (nSPS) is 27.8. The van der Waals surface area contributed by atoms with Crippen LogP contribution in [0.5, 0.6) is 0 Å². The van der Waals surface area contributed by atoms with Crippen LogP contribution in [-0.2, 0) is 14.3 Å². The fourth-order valence-corrected chi connectivity index (χ4v) is 2.84. The van der Waals surface area contributed by atoms with Gasteiger partial charge in [-0.3, -0.25) is 5.32 Å². The molecule has 1 fully saturated rings. The lowest BCUT2D eigenvalue weighted by atomic mass is 10.0. The molecule has 0 saturated carbocycles. The van der Waals surface area contributed by atoms with Crippen molar-refractivity contribution in [2.45, 2.75) is 56.4 Å². The first-order chi connectivity index (χ1) is 7.53. The van der Waals surface area contributed by atoms with Gasteiger partial charge in [-0.15, -0.1) is 11.8 Å². The highest BCUT2D eigenvalue weighted by Crippen LogP contribution is 2.38. The van der Waals surface area contributed by atoms with Crippen molar-refractivity contribution >= 4 is 23.7 Å². The standard InChI is InChI=1S/C11H19NO4S/c1-10(2,3)16-9(15)7-12-6(8(13)14)11(4,5)17-7/h6-7,12H,1-5H3,(H,13,14)/p-1/t6-,7-/m0/s1. The summed E-state index contributed by atoms with van der Waals surface area (Å²) in [5.41, 5.74) is -0.580. The van der Waals surface area contributed by atoms with Crippen LogP contribution in [0.15, 0.2) is 0 Å². The molecule has 0 unspecified atom stereocenters. The number of thioether (sulfide) groups is 1. The molecule has 0 spiro atoms. The first-order valence-corrected chi connectivity index (χ1v) is 6.28. The highest BCUT2D eigenvalue weighted by molar-refractivity contribution is 8.02. The number of carboxylic acid groups (broad SMARTS) is 1. The first-order valence-electron chi connectivity index (χ1n) is 5.40. The van der Waals surface area contributed by atoms with Gasteiger partial charge in [-0.25, -0.2) is 4.79 Å². The predicted octanol–water partition coefficient (Wildman–Crippen LogP) is -0.112. The highest BCUT2D eigenvalue weighted by atomic mass is 32.2. The van der Waals surface area contributed by atoms with E-state index in [1.807, 2.05) is 0 Å². The monoisotopic (exact) mass is 260 g/mol. The quantitative estimate of drug-likeness (QED) is 0.698. The molecule has 5 nitrogen and oxygen atoms in total. The molecule has 0 radical (unpaired) electrons. The van der Waals surface area contributed by atoms with E-state index in [4.69, 9.17) is 4.74 Å². The van der Waals surface area contributed by atoms with Gasteiger partial charge in [-0.1, -0.05) is 0 Å². The third kappa shape index (κ3) is 3.61. The average molecular weight is 260 g/mol. The topological polar surface area (TPSA) is 78.5 Å². The smallest absolute Gasteiger partial charge is 0.334 e. The molecule has 1 aliphatic heterocycles. The zero-order valence-electron chi connectivity index (χ0n) is 10.7. The summed E-state index contributed by atoms with van der Waals surface area (Å²) in [5, 5.41) is 13.0. The van der Waals surface area contributed by atoms with Crippen molar-refractivity contribution in [2.24, 2.45) is 0 Å². The number of ether oxygens (including phenoxy) is 1. The maximum atomic E-state index is 11.8. The molecule has 6 heteroatoms. The lowest BCUT2D eigenvalue weighted by Gasteiger charge is -2.25. The van der Waals surface area contributed by atoms with Gasteiger partial charge in [-0.2, -0.15) is 0 Å². The van der Waals surface area contributed by atoms with Crippen LogP contribution in [0.3, 0.4) is 0 Å². The molecule has 0 aromatic rings. The third-order valence-electron chi connectivity index (χ3n) is 2.29. The molecule has 1 rings (SSSR count). The van der Waals surface area contributed by atoms with E-state index in [1.54, 1.807) is 34.6 Å². The molecule has 0 aromatic carbocycles. The molecule has 0 bridgehead atoms. The van der Waals surface area contributed by atoms with E-state index in [0.717, 1.165) is 0 Å². The van der Waals surface area contributed by atoms with Gasteiger partial charge in [0, 0.05) is 4.75 Å². The van der Waals surface area contributed by atoms with E-state index in [1.165, 1.54) is 11.8 Å². The summed E-state index contributed by atoms with van der Waals surface area (Å²) in [4.78, 5) is 22.7. The molecular weight excluding hydrogens is 242 g/mol. The van der Waals surface area contributed by atoms with Crippen molar-refractivity contribution in [3.05, 3.63) is 0 Å². The van der Waals surface area contributed by atoms with Crippen molar-refractivity contribution in [3.8, 4) is 0 Å². The molecular formula is C11H18NO4S-. The zero-order valence-corrected chi connectivity index (χ0v) is 11.5. The van der Waals surface area contributed by atoms with Crippen LogP contribution < -0.4 is 10.4 Å². The highest BCUT2D eigenvalue weighted by Gasteiger charge is 2.45. The number of carboxylic acids is 1. The van der Waals surface area contributed by atoms with Crippen molar-refractivity contribution < 1.29 is 19.4 Å². The number of hydrogen-bond acceptors (Lipinski definition) is 6. The Morgan fingerprint density at radius 1 is 1.35 bits per heavy atom. The van der Waals surface area contributed by atoms with E-state index in [-0.39, 0.29) is 0 Å². The number of carbonyl (C=O) groups is 2. The van der Waals surface area contributed by atoms with Crippen LogP contribution in [0, 0.1) is 0 Å². The Morgan fingerprint density at radius 3 is 2.24 bits per heavy atom. The van der Waals surface area contributed by atoms with Gasteiger partial charge in [0.1, 0.15) is 5.60 Å². The third-order valence-corrected chi connectivity index (χ3v) is 3.70. The maximum Gasteiger partial charge on any atom is 0.334 e. The van der Waals surface area contributed by atoms with E-state index in [0.29, 0.717) is 0 Å². The lowest BCUT2D eigenvalue weighted by Crippen LogP contribution is -2.52. The molecule has 98 valence electrons. The number of esters is 1. The second kappa shape index (κ2) is 4.49. The Morgan fingerprint density at radius 2 is 1.88 bits per heavy atom. The average Bonchev–Trinajstić information content (AvgIpc) is 2.38. The molecule has 1 saturated heterocycles. The second-order valence-corrected chi connectivity index (χ2v) is 7.31. The second-order valence-electron chi connectivity index (χ2n) is 5.55. The molecule has 1 N–H and O–H groups in total. The van der Waals surface area contributed by atoms with Crippen LogP contribution >= 0.6 is 11.8 Å². The Balaban J connectivity index is 2.72. The van der Waals surface area contributed by atoms with E-state index >= 15 is 0 Å².